The summed E-state index contributed by atoms with van der Waals surface area (Å²) in [7, 11) is 0. The van der Waals surface area contributed by atoms with Gasteiger partial charge in [0, 0.05) is 6.42 Å². The van der Waals surface area contributed by atoms with E-state index in [2.05, 4.69) is 6.92 Å². The predicted octanol–water partition coefficient (Wildman–Crippen LogP) is 6.81. The number of unbranched alkanes of at least 4 members (excludes halogenated alkanes) is 12. The van der Waals surface area contributed by atoms with Crippen molar-refractivity contribution in [2.75, 3.05) is 6.61 Å². The van der Waals surface area contributed by atoms with E-state index < -0.39 is 12.6 Å². The van der Waals surface area contributed by atoms with Crippen LogP contribution in [0.1, 0.15) is 107 Å². The molecule has 0 amide bonds. The van der Waals surface area contributed by atoms with Crippen LogP contribution in [-0.2, 0) is 4.79 Å². The molecule has 0 radical (unpaired) electrons. The van der Waals surface area contributed by atoms with Gasteiger partial charge in [0.25, 0.3) is 0 Å². The molecule has 0 aliphatic carbocycles. The minimum atomic E-state index is -1.04. The van der Waals surface area contributed by atoms with E-state index in [-0.39, 0.29) is 5.78 Å². The van der Waals surface area contributed by atoms with Crippen molar-refractivity contribution in [3.05, 3.63) is 29.8 Å². The van der Waals surface area contributed by atoms with E-state index in [1.807, 2.05) is 0 Å². The number of ketones is 1. The highest BCUT2D eigenvalue weighted by Crippen LogP contribution is 2.21. The van der Waals surface area contributed by atoms with Gasteiger partial charge in [-0.25, -0.2) is 4.79 Å². The fraction of sp³-hybridized carbons (Fsp3) is 0.667. The lowest BCUT2D eigenvalue weighted by Crippen LogP contribution is -2.12. The number of carbonyl (C=O) groups excluding carboxylic acids is 1. The highest BCUT2D eigenvalue weighted by Gasteiger charge is 2.12. The topological polar surface area (TPSA) is 63.6 Å². The fourth-order valence-electron chi connectivity index (χ4n) is 3.40. The molecule has 0 unspecified atom stereocenters. The van der Waals surface area contributed by atoms with Crippen LogP contribution in [0.5, 0.6) is 5.75 Å². The second-order valence-corrected chi connectivity index (χ2v) is 7.59. The van der Waals surface area contributed by atoms with Gasteiger partial charge in [-0.1, -0.05) is 96.1 Å². The molecule has 4 heteroatoms. The van der Waals surface area contributed by atoms with E-state index in [1.54, 1.807) is 24.3 Å². The summed E-state index contributed by atoms with van der Waals surface area (Å²) in [5.41, 5.74) is 0.489. The number of rotatable bonds is 18. The van der Waals surface area contributed by atoms with E-state index in [1.165, 1.54) is 70.6 Å². The third-order valence-corrected chi connectivity index (χ3v) is 5.05. The van der Waals surface area contributed by atoms with Crippen LogP contribution in [0.3, 0.4) is 0 Å². The average molecular weight is 391 g/mol. The largest absolute Gasteiger partial charge is 0.481 e. The van der Waals surface area contributed by atoms with Crippen LogP contribution in [0.25, 0.3) is 0 Å². The summed E-state index contributed by atoms with van der Waals surface area (Å²) in [4.78, 5) is 23.0. The van der Waals surface area contributed by atoms with Crippen molar-refractivity contribution in [3.63, 3.8) is 0 Å². The lowest BCUT2D eigenvalue weighted by atomic mass is 10.0. The van der Waals surface area contributed by atoms with Crippen molar-refractivity contribution in [2.45, 2.75) is 96.8 Å². The molecule has 0 aromatic heterocycles. The maximum atomic E-state index is 12.4. The second kappa shape index (κ2) is 16.1. The average Bonchev–Trinajstić information content (AvgIpc) is 2.70. The number of carboxylic acid groups (broad SMARTS) is 1. The normalized spacial score (nSPS) is 10.8. The molecule has 158 valence electrons. The number of benzene rings is 1. The van der Waals surface area contributed by atoms with Gasteiger partial charge in [0.2, 0.25) is 0 Å². The first-order valence-corrected chi connectivity index (χ1v) is 11.1. The molecule has 1 rings (SSSR count). The van der Waals surface area contributed by atoms with Gasteiger partial charge >= 0.3 is 5.97 Å². The van der Waals surface area contributed by atoms with Gasteiger partial charge in [0.1, 0.15) is 5.75 Å². The van der Waals surface area contributed by atoms with Crippen molar-refractivity contribution in [1.82, 2.24) is 0 Å². The Balaban J connectivity index is 2.06. The van der Waals surface area contributed by atoms with Crippen LogP contribution in [0.15, 0.2) is 24.3 Å². The number of carboxylic acids is 1. The Morgan fingerprint density at radius 2 is 1.29 bits per heavy atom. The molecule has 1 aromatic carbocycles. The second-order valence-electron chi connectivity index (χ2n) is 7.59. The molecule has 0 saturated carbocycles. The molecular weight excluding hydrogens is 352 g/mol. The third kappa shape index (κ3) is 11.8. The number of carbonyl (C=O) groups is 2. The van der Waals surface area contributed by atoms with E-state index in [9.17, 15) is 9.59 Å². The Hall–Kier alpha value is -1.84. The van der Waals surface area contributed by atoms with Crippen LogP contribution < -0.4 is 4.74 Å². The number of Topliss-reactive ketones (excluding diaryl/α,β-unsaturated/α-hetero) is 1. The van der Waals surface area contributed by atoms with Crippen molar-refractivity contribution in [2.24, 2.45) is 0 Å². The Bertz CT molecular complexity index is 553. The number of aliphatic carboxylic acids is 1. The minimum absolute atomic E-state index is 0.0315. The minimum Gasteiger partial charge on any atom is -0.481 e. The molecule has 1 N–H and O–H groups in total. The van der Waals surface area contributed by atoms with Gasteiger partial charge in [-0.05, 0) is 18.6 Å². The third-order valence-electron chi connectivity index (χ3n) is 5.05. The van der Waals surface area contributed by atoms with E-state index in [0.717, 1.165) is 12.8 Å². The standard InChI is InChI=1S/C24H38O4/c1-2-3-4-5-6-7-8-9-10-11-12-13-14-18-22(25)21-17-15-16-19-23(21)28-20-24(26)27/h15-17,19H,2-14,18,20H2,1H3,(H,26,27). The Morgan fingerprint density at radius 3 is 1.82 bits per heavy atom. The van der Waals surface area contributed by atoms with Crippen molar-refractivity contribution in [3.8, 4) is 5.75 Å². The van der Waals surface area contributed by atoms with Gasteiger partial charge in [-0.15, -0.1) is 0 Å². The Kier molecular flexibility index (Phi) is 14.0. The summed E-state index contributed by atoms with van der Waals surface area (Å²) in [6, 6.07) is 6.89. The lowest BCUT2D eigenvalue weighted by Gasteiger charge is -2.09. The Morgan fingerprint density at radius 1 is 0.786 bits per heavy atom. The predicted molar refractivity (Wildman–Crippen MR) is 114 cm³/mol. The van der Waals surface area contributed by atoms with Crippen LogP contribution >= 0.6 is 0 Å². The molecule has 0 fully saturated rings. The highest BCUT2D eigenvalue weighted by molar-refractivity contribution is 5.98. The first-order valence-electron chi connectivity index (χ1n) is 11.1. The zero-order chi connectivity index (χ0) is 20.5. The maximum Gasteiger partial charge on any atom is 0.341 e. The molecule has 0 heterocycles. The molecule has 0 atom stereocenters. The first-order chi connectivity index (χ1) is 13.6. The smallest absolute Gasteiger partial charge is 0.341 e. The monoisotopic (exact) mass is 390 g/mol. The number of ether oxygens (including phenoxy) is 1. The van der Waals surface area contributed by atoms with Crippen molar-refractivity contribution < 1.29 is 19.4 Å². The summed E-state index contributed by atoms with van der Waals surface area (Å²) in [5, 5.41) is 8.73. The summed E-state index contributed by atoms with van der Waals surface area (Å²) in [6.45, 7) is 1.83. The highest BCUT2D eigenvalue weighted by atomic mass is 16.5. The molecular formula is C24H38O4. The molecule has 0 aliphatic rings. The van der Waals surface area contributed by atoms with Gasteiger partial charge in [0.05, 0.1) is 5.56 Å². The molecule has 0 spiro atoms. The van der Waals surface area contributed by atoms with Crippen LogP contribution in [0.2, 0.25) is 0 Å². The van der Waals surface area contributed by atoms with E-state index in [4.69, 9.17) is 9.84 Å². The lowest BCUT2D eigenvalue weighted by molar-refractivity contribution is -0.139. The molecule has 0 aliphatic heterocycles. The Labute approximate surface area is 170 Å². The summed E-state index contributed by atoms with van der Waals surface area (Å²) >= 11 is 0. The zero-order valence-corrected chi connectivity index (χ0v) is 17.6. The van der Waals surface area contributed by atoms with Gasteiger partial charge in [-0.3, -0.25) is 4.79 Å². The number of hydrogen-bond acceptors (Lipinski definition) is 3. The van der Waals surface area contributed by atoms with Crippen LogP contribution in [0.4, 0.5) is 0 Å². The maximum absolute atomic E-state index is 12.4. The van der Waals surface area contributed by atoms with Crippen molar-refractivity contribution >= 4 is 11.8 Å². The quantitative estimate of drug-likeness (QED) is 0.221. The van der Waals surface area contributed by atoms with Gasteiger partial charge < -0.3 is 9.84 Å². The van der Waals surface area contributed by atoms with E-state index in [0.29, 0.717) is 17.7 Å². The molecule has 1 aromatic rings. The number of para-hydroxylation sites is 1. The molecule has 28 heavy (non-hydrogen) atoms. The fourth-order valence-corrected chi connectivity index (χ4v) is 3.40. The first kappa shape index (κ1) is 24.2. The summed E-state index contributed by atoms with van der Waals surface area (Å²) in [6.07, 6.45) is 17.1. The van der Waals surface area contributed by atoms with E-state index >= 15 is 0 Å². The molecule has 0 saturated heterocycles. The van der Waals surface area contributed by atoms with Crippen molar-refractivity contribution in [1.29, 1.82) is 0 Å². The van der Waals surface area contributed by atoms with Gasteiger partial charge in [0.15, 0.2) is 12.4 Å². The van der Waals surface area contributed by atoms with Crippen LogP contribution in [0, 0.1) is 0 Å². The zero-order valence-electron chi connectivity index (χ0n) is 17.6. The van der Waals surface area contributed by atoms with Crippen LogP contribution in [-0.4, -0.2) is 23.5 Å². The number of hydrogen-bond donors (Lipinski definition) is 1. The summed E-state index contributed by atoms with van der Waals surface area (Å²) in [5.74, 6) is -0.646. The SMILES string of the molecule is CCCCCCCCCCCCCCCC(=O)c1ccccc1OCC(=O)O. The molecule has 0 bridgehead atoms. The molecule has 4 nitrogen and oxygen atoms in total. The summed E-state index contributed by atoms with van der Waals surface area (Å²) < 4.78 is 5.22. The van der Waals surface area contributed by atoms with Gasteiger partial charge in [-0.2, -0.15) is 0 Å².